The van der Waals surface area contributed by atoms with Gasteiger partial charge in [0.25, 0.3) is 0 Å². The maximum absolute atomic E-state index is 13.9. The van der Waals surface area contributed by atoms with Gasteiger partial charge in [0.2, 0.25) is 5.91 Å². The van der Waals surface area contributed by atoms with Gasteiger partial charge >= 0.3 is 11.9 Å². The molecule has 0 spiro atoms. The van der Waals surface area contributed by atoms with E-state index >= 15 is 0 Å². The zero-order valence-electron chi connectivity index (χ0n) is 40.0. The van der Waals surface area contributed by atoms with E-state index in [1.54, 1.807) is 6.92 Å². The van der Waals surface area contributed by atoms with E-state index in [1.807, 2.05) is 13.3 Å². The van der Waals surface area contributed by atoms with Gasteiger partial charge in [0.1, 0.15) is 17.6 Å². The summed E-state index contributed by atoms with van der Waals surface area (Å²) >= 11 is 8.16. The zero-order chi connectivity index (χ0) is 44.7. The van der Waals surface area contributed by atoms with Gasteiger partial charge in [-0.2, -0.15) is 0 Å². The molecular weight excluding hydrogens is 808 g/mol. The summed E-state index contributed by atoms with van der Waals surface area (Å²) in [6.07, 6.45) is 32.0. The number of likely N-dealkylation sites (tertiary alicyclic amines) is 1. The molecule has 0 radical (unpaired) electrons. The predicted octanol–water partition coefficient (Wildman–Crippen LogP) is 12.5. The Hall–Kier alpha value is -1.07. The molecule has 1 amide bonds. The first-order valence-corrected chi connectivity index (χ1v) is 27.2. The number of nitrogens with zero attached hydrogens (tertiary/aromatic N) is 1. The van der Waals surface area contributed by atoms with Crippen molar-refractivity contribution in [3.8, 4) is 0 Å². The molecule has 0 saturated carbocycles. The lowest BCUT2D eigenvalue weighted by Crippen LogP contribution is -2.66. The second-order valence-electron chi connectivity index (χ2n) is 18.6. The number of hydrogen-bond donors (Lipinski definition) is 2. The number of amides is 1. The fourth-order valence-electron chi connectivity index (χ4n) is 9.35. The molecular formula is C50H93ClN2O7S. The van der Waals surface area contributed by atoms with Crippen LogP contribution in [0.25, 0.3) is 0 Å². The lowest BCUT2D eigenvalue weighted by atomic mass is 9.92. The molecule has 9 nitrogen and oxygen atoms in total. The van der Waals surface area contributed by atoms with Crippen molar-refractivity contribution < 1.29 is 33.7 Å². The minimum absolute atomic E-state index is 0.151. The van der Waals surface area contributed by atoms with Crippen LogP contribution in [-0.2, 0) is 28.6 Å². The molecule has 0 aromatic rings. The Kier molecular flexibility index (Phi) is 32.4. The Bertz CT molecular complexity index is 1130. The van der Waals surface area contributed by atoms with Gasteiger partial charge in [0.05, 0.1) is 17.5 Å². The van der Waals surface area contributed by atoms with Crippen molar-refractivity contribution >= 4 is 41.2 Å². The first-order valence-electron chi connectivity index (χ1n) is 25.5. The van der Waals surface area contributed by atoms with E-state index in [0.717, 1.165) is 64.3 Å². The smallest absolute Gasteiger partial charge is 0.306 e. The summed E-state index contributed by atoms with van der Waals surface area (Å²) in [4.78, 5) is 43.0. The molecule has 2 heterocycles. The van der Waals surface area contributed by atoms with Gasteiger partial charge in [-0.1, -0.05) is 181 Å². The molecule has 0 aromatic heterocycles. The molecule has 2 aliphatic rings. The molecule has 358 valence electrons. The number of ether oxygens (including phenoxy) is 3. The number of likely N-dealkylation sites (N-methyl/N-ethyl adjacent to an activating group) is 1. The van der Waals surface area contributed by atoms with Gasteiger partial charge < -0.3 is 24.6 Å². The van der Waals surface area contributed by atoms with Gasteiger partial charge in [-0.3, -0.25) is 19.3 Å². The van der Waals surface area contributed by atoms with Crippen molar-refractivity contribution in [3.05, 3.63) is 0 Å². The minimum Gasteiger partial charge on any atom is -0.455 e. The molecule has 11 heteroatoms. The molecule has 0 aromatic carbocycles. The van der Waals surface area contributed by atoms with Gasteiger partial charge in [-0.25, -0.2) is 0 Å². The van der Waals surface area contributed by atoms with E-state index in [0.29, 0.717) is 18.8 Å². The van der Waals surface area contributed by atoms with Gasteiger partial charge in [-0.15, -0.1) is 23.4 Å². The molecule has 61 heavy (non-hydrogen) atoms. The van der Waals surface area contributed by atoms with Crippen LogP contribution in [0.1, 0.15) is 227 Å². The Morgan fingerprint density at radius 2 is 1.10 bits per heavy atom. The molecule has 2 fully saturated rings. The maximum atomic E-state index is 13.9. The highest BCUT2D eigenvalue weighted by molar-refractivity contribution is 7.99. The number of carbonyl (C=O) groups is 3. The van der Waals surface area contributed by atoms with Crippen LogP contribution in [0.5, 0.6) is 0 Å². The lowest BCUT2D eigenvalue weighted by Gasteiger charge is -2.46. The average Bonchev–Trinajstić information content (AvgIpc) is 3.61. The number of alkyl halides is 1. The standard InChI is InChI=1S/C50H93ClN2O7S/c1-7-10-12-14-16-18-20-22-24-26-28-30-32-35-42(54)58-47-45(56)50(61-6)60-46(44(39(4)51)52-49(57)41-37-40(34-9-3)38-53(41)5)48(47)59-43(55)36-33-31-29-27-25-23-21-19-17-15-13-11-8-2/h39-41,44-48,50,56H,7-38H2,1-6H3,(H,52,57)/t39-,40+,41-,44+,45+,46+,47+,48-,50+/m0/s1. The number of nitrogens with one attached hydrogen (secondary N) is 1. The molecule has 0 bridgehead atoms. The molecule has 9 atom stereocenters. The number of unbranched alkanes of at least 4 members (excludes halogenated alkanes) is 24. The van der Waals surface area contributed by atoms with Crippen molar-refractivity contribution in [2.24, 2.45) is 5.92 Å². The third-order valence-electron chi connectivity index (χ3n) is 13.1. The Balaban J connectivity index is 2.02. The second kappa shape index (κ2) is 35.2. The van der Waals surface area contributed by atoms with Crippen LogP contribution >= 0.6 is 23.4 Å². The first kappa shape index (κ1) is 56.1. The van der Waals surface area contributed by atoms with Gasteiger partial charge in [-0.05, 0) is 51.8 Å². The highest BCUT2D eigenvalue weighted by Gasteiger charge is 2.53. The molecule has 0 unspecified atom stereocenters. The summed E-state index contributed by atoms with van der Waals surface area (Å²) in [5.41, 5.74) is -0.784. The summed E-state index contributed by atoms with van der Waals surface area (Å²) in [6, 6.07) is -1.09. The third kappa shape index (κ3) is 23.6. The van der Waals surface area contributed by atoms with Crippen LogP contribution in [0, 0.1) is 5.92 Å². The Morgan fingerprint density at radius 1 is 0.689 bits per heavy atom. The van der Waals surface area contributed by atoms with Crippen molar-refractivity contribution in [1.82, 2.24) is 10.2 Å². The summed E-state index contributed by atoms with van der Waals surface area (Å²) in [5.74, 6) is -0.572. The SMILES string of the molecule is CCCCCCCCCCCCCCCC(=O)O[C@@H]1[C@H](OC(=O)CCCCCCCCCCCCCCC)[C@@H](O)[C@@H](SC)O[C@@H]1[C@H](NC(=O)[C@@H]1C[C@@H](CCC)CN1C)[C@H](C)Cl. The monoisotopic (exact) mass is 901 g/mol. The Labute approximate surface area is 383 Å². The van der Waals surface area contributed by atoms with E-state index in [1.165, 1.54) is 127 Å². The van der Waals surface area contributed by atoms with Crippen molar-refractivity contribution in [1.29, 1.82) is 0 Å². The van der Waals surface area contributed by atoms with Gasteiger partial charge in [0, 0.05) is 19.4 Å². The van der Waals surface area contributed by atoms with E-state index < -0.39 is 53.2 Å². The fourth-order valence-corrected chi connectivity index (χ4v) is 10.2. The summed E-state index contributed by atoms with van der Waals surface area (Å²) in [6.45, 7) is 9.32. The number of hydrogen-bond acceptors (Lipinski definition) is 9. The first-order chi connectivity index (χ1) is 29.6. The average molecular weight is 902 g/mol. The van der Waals surface area contributed by atoms with E-state index in [4.69, 9.17) is 25.8 Å². The molecule has 0 aliphatic carbocycles. The van der Waals surface area contributed by atoms with Crippen molar-refractivity contribution in [2.75, 3.05) is 19.8 Å². The predicted molar refractivity (Wildman–Crippen MR) is 255 cm³/mol. The zero-order valence-corrected chi connectivity index (χ0v) is 41.5. The van der Waals surface area contributed by atoms with Crippen LogP contribution in [0.15, 0.2) is 0 Å². The minimum atomic E-state index is -1.24. The fraction of sp³-hybridized carbons (Fsp3) is 0.940. The molecule has 2 saturated heterocycles. The summed E-state index contributed by atoms with van der Waals surface area (Å²) in [5, 5.41) is 14.2. The van der Waals surface area contributed by atoms with Crippen LogP contribution in [-0.4, -0.2) is 95.0 Å². The quantitative estimate of drug-likeness (QED) is 0.0357. The van der Waals surface area contributed by atoms with Crippen LogP contribution in [0.3, 0.4) is 0 Å². The number of aliphatic hydroxyl groups is 1. The maximum Gasteiger partial charge on any atom is 0.306 e. The highest BCUT2D eigenvalue weighted by atomic mass is 35.5. The summed E-state index contributed by atoms with van der Waals surface area (Å²) < 4.78 is 18.7. The number of carbonyl (C=O) groups excluding carboxylic acids is 3. The third-order valence-corrected chi connectivity index (χ3v) is 14.2. The molecule has 2 rings (SSSR count). The highest BCUT2D eigenvalue weighted by Crippen LogP contribution is 2.35. The van der Waals surface area contributed by atoms with E-state index in [9.17, 15) is 19.5 Å². The topological polar surface area (TPSA) is 114 Å². The van der Waals surface area contributed by atoms with Crippen molar-refractivity contribution in [2.45, 2.75) is 274 Å². The van der Waals surface area contributed by atoms with Crippen LogP contribution < -0.4 is 5.32 Å². The number of rotatable bonds is 37. The molecule has 2 N–H and O–H groups in total. The normalized spacial score (nSPS) is 24.1. The number of aliphatic hydroxyl groups excluding tert-OH is 1. The van der Waals surface area contributed by atoms with Crippen LogP contribution in [0.2, 0.25) is 0 Å². The lowest BCUT2D eigenvalue weighted by molar-refractivity contribution is -0.231. The van der Waals surface area contributed by atoms with Gasteiger partial charge in [0.15, 0.2) is 12.2 Å². The number of thioether (sulfide) groups is 1. The molecule has 2 aliphatic heterocycles. The Morgan fingerprint density at radius 3 is 1.49 bits per heavy atom. The van der Waals surface area contributed by atoms with E-state index in [-0.39, 0.29) is 24.8 Å². The summed E-state index contributed by atoms with van der Waals surface area (Å²) in [7, 11) is 1.98. The largest absolute Gasteiger partial charge is 0.455 e. The second-order valence-corrected chi connectivity index (χ2v) is 20.3. The number of halogens is 1. The van der Waals surface area contributed by atoms with E-state index in [2.05, 4.69) is 31.0 Å². The van der Waals surface area contributed by atoms with Crippen molar-refractivity contribution in [3.63, 3.8) is 0 Å². The van der Waals surface area contributed by atoms with Crippen LogP contribution in [0.4, 0.5) is 0 Å². The number of esters is 2.